The normalized spacial score (nSPS) is 25.3. The van der Waals surface area contributed by atoms with E-state index in [1.54, 1.807) is 0 Å². The van der Waals surface area contributed by atoms with Crippen molar-refractivity contribution in [1.29, 1.82) is 0 Å². The van der Waals surface area contributed by atoms with E-state index in [-0.39, 0.29) is 11.9 Å². The van der Waals surface area contributed by atoms with Crippen LogP contribution in [-0.4, -0.2) is 52.2 Å². The zero-order valence-electron chi connectivity index (χ0n) is 12.5. The summed E-state index contributed by atoms with van der Waals surface area (Å²) in [6, 6.07) is 8.13. The van der Waals surface area contributed by atoms with Crippen LogP contribution in [0.1, 0.15) is 18.4 Å². The van der Waals surface area contributed by atoms with Crippen LogP contribution in [0.3, 0.4) is 0 Å². The van der Waals surface area contributed by atoms with E-state index in [1.165, 1.54) is 5.56 Å². The molecule has 4 nitrogen and oxygen atoms in total. The van der Waals surface area contributed by atoms with Gasteiger partial charge in [-0.25, -0.2) is 0 Å². The molecular formula is C16H22N2O2S. The predicted octanol–water partition coefficient (Wildman–Crippen LogP) is 1.55. The molecule has 2 saturated heterocycles. The molecule has 0 unspecified atom stereocenters. The summed E-state index contributed by atoms with van der Waals surface area (Å²) in [5.41, 5.74) is 2.20. The van der Waals surface area contributed by atoms with E-state index >= 15 is 0 Å². The third-order valence-corrected chi connectivity index (χ3v) is 5.68. The quantitative estimate of drug-likeness (QED) is 0.832. The number of aryl methyl sites for hydroxylation is 1. The van der Waals surface area contributed by atoms with Gasteiger partial charge in [0.25, 0.3) is 0 Å². The minimum Gasteiger partial charge on any atom is -0.311 e. The van der Waals surface area contributed by atoms with Crippen LogP contribution in [-0.2, 0) is 15.6 Å². The molecule has 1 amide bonds. The van der Waals surface area contributed by atoms with Crippen molar-refractivity contribution in [2.45, 2.75) is 25.8 Å². The van der Waals surface area contributed by atoms with Crippen molar-refractivity contribution in [2.24, 2.45) is 0 Å². The summed E-state index contributed by atoms with van der Waals surface area (Å²) in [5, 5.41) is 0. The van der Waals surface area contributed by atoms with Crippen molar-refractivity contribution in [2.75, 3.05) is 36.0 Å². The summed E-state index contributed by atoms with van der Waals surface area (Å²) < 4.78 is 11.5. The lowest BCUT2D eigenvalue weighted by atomic mass is 10.0. The largest absolute Gasteiger partial charge is 0.311 e. The number of rotatable bonds is 2. The van der Waals surface area contributed by atoms with Crippen molar-refractivity contribution in [3.63, 3.8) is 0 Å². The van der Waals surface area contributed by atoms with Crippen LogP contribution in [0.4, 0.5) is 5.69 Å². The highest BCUT2D eigenvalue weighted by Crippen LogP contribution is 2.24. The first-order chi connectivity index (χ1) is 10.1. The second-order valence-corrected chi connectivity index (χ2v) is 7.56. The molecule has 0 spiro atoms. The second-order valence-electron chi connectivity index (χ2n) is 5.87. The van der Waals surface area contributed by atoms with Gasteiger partial charge in [0.15, 0.2) is 0 Å². The van der Waals surface area contributed by atoms with Gasteiger partial charge in [-0.15, -0.1) is 0 Å². The van der Waals surface area contributed by atoms with Crippen LogP contribution < -0.4 is 4.90 Å². The molecule has 1 aromatic rings. The number of carbonyl (C=O) groups excluding carboxylic acids is 1. The summed E-state index contributed by atoms with van der Waals surface area (Å²) >= 11 is 0. The lowest BCUT2D eigenvalue weighted by Crippen LogP contribution is -2.55. The summed E-state index contributed by atoms with van der Waals surface area (Å²) in [7, 11) is -0.691. The Morgan fingerprint density at radius 1 is 1.10 bits per heavy atom. The Balaban J connectivity index is 1.74. The summed E-state index contributed by atoms with van der Waals surface area (Å²) in [6.45, 7) is 4.42. The SMILES string of the molecule is Cc1ccc(N2CCC[C@@H](N3CCS(=O)CC3)C2=O)cc1. The summed E-state index contributed by atoms with van der Waals surface area (Å²) in [4.78, 5) is 16.9. The van der Waals surface area contributed by atoms with E-state index in [4.69, 9.17) is 0 Å². The Morgan fingerprint density at radius 2 is 1.76 bits per heavy atom. The molecule has 2 fully saturated rings. The van der Waals surface area contributed by atoms with Gasteiger partial charge in [-0.05, 0) is 31.9 Å². The van der Waals surface area contributed by atoms with Gasteiger partial charge < -0.3 is 4.90 Å². The molecule has 3 rings (SSSR count). The van der Waals surface area contributed by atoms with E-state index in [9.17, 15) is 9.00 Å². The molecule has 0 N–H and O–H groups in total. The number of piperidine rings is 1. The van der Waals surface area contributed by atoms with Crippen LogP contribution in [0.5, 0.6) is 0 Å². The molecule has 21 heavy (non-hydrogen) atoms. The molecule has 0 saturated carbocycles. The van der Waals surface area contributed by atoms with E-state index in [0.717, 1.165) is 38.2 Å². The highest BCUT2D eigenvalue weighted by Gasteiger charge is 2.35. The highest BCUT2D eigenvalue weighted by atomic mass is 32.2. The Bertz CT molecular complexity index is 534. The third kappa shape index (κ3) is 3.19. The van der Waals surface area contributed by atoms with E-state index in [1.807, 2.05) is 17.0 Å². The van der Waals surface area contributed by atoms with Crippen LogP contribution in [0, 0.1) is 6.92 Å². The number of hydrogen-bond acceptors (Lipinski definition) is 3. The Kier molecular flexibility index (Phi) is 4.40. The molecule has 0 aromatic heterocycles. The fourth-order valence-corrected chi connectivity index (χ4v) is 4.22. The Morgan fingerprint density at radius 3 is 2.43 bits per heavy atom. The number of amides is 1. The highest BCUT2D eigenvalue weighted by molar-refractivity contribution is 7.85. The first-order valence-corrected chi connectivity index (χ1v) is 9.11. The van der Waals surface area contributed by atoms with Gasteiger partial charge in [0.2, 0.25) is 5.91 Å². The van der Waals surface area contributed by atoms with Crippen molar-refractivity contribution < 1.29 is 9.00 Å². The van der Waals surface area contributed by atoms with E-state index in [0.29, 0.717) is 11.5 Å². The maximum Gasteiger partial charge on any atom is 0.244 e. The predicted molar refractivity (Wildman–Crippen MR) is 86.0 cm³/mol. The monoisotopic (exact) mass is 306 g/mol. The first-order valence-electron chi connectivity index (χ1n) is 7.62. The zero-order chi connectivity index (χ0) is 14.8. The van der Waals surface area contributed by atoms with Crippen molar-refractivity contribution in [1.82, 2.24) is 4.90 Å². The maximum absolute atomic E-state index is 12.8. The maximum atomic E-state index is 12.8. The molecule has 0 bridgehead atoms. The molecule has 2 aliphatic rings. The van der Waals surface area contributed by atoms with Crippen LogP contribution in [0.15, 0.2) is 24.3 Å². The lowest BCUT2D eigenvalue weighted by molar-refractivity contribution is -0.125. The van der Waals surface area contributed by atoms with Crippen molar-refractivity contribution in [3.8, 4) is 0 Å². The van der Waals surface area contributed by atoms with Gasteiger partial charge in [-0.2, -0.15) is 0 Å². The van der Waals surface area contributed by atoms with Gasteiger partial charge in [-0.1, -0.05) is 17.7 Å². The minimum absolute atomic E-state index is 0.0302. The first kappa shape index (κ1) is 14.7. The summed E-state index contributed by atoms with van der Waals surface area (Å²) in [6.07, 6.45) is 1.96. The molecular weight excluding hydrogens is 284 g/mol. The van der Waals surface area contributed by atoms with Crippen LogP contribution in [0.2, 0.25) is 0 Å². The van der Waals surface area contributed by atoms with Gasteiger partial charge >= 0.3 is 0 Å². The van der Waals surface area contributed by atoms with Crippen LogP contribution in [0.25, 0.3) is 0 Å². The molecule has 0 radical (unpaired) electrons. The van der Waals surface area contributed by atoms with E-state index < -0.39 is 10.8 Å². The van der Waals surface area contributed by atoms with Gasteiger partial charge in [-0.3, -0.25) is 13.9 Å². The molecule has 1 aromatic carbocycles. The molecule has 0 aliphatic carbocycles. The third-order valence-electron chi connectivity index (χ3n) is 4.41. The summed E-state index contributed by atoms with van der Waals surface area (Å²) in [5.74, 6) is 1.61. The standard InChI is InChI=1S/C16H22N2O2S/c1-13-4-6-14(7-5-13)18-8-2-3-15(16(18)19)17-9-11-21(20)12-10-17/h4-7,15H,2-3,8-12H2,1H3/t15-/m1/s1. The van der Waals surface area contributed by atoms with Gasteiger partial charge in [0.1, 0.15) is 0 Å². The fraction of sp³-hybridized carbons (Fsp3) is 0.562. The topological polar surface area (TPSA) is 40.6 Å². The fourth-order valence-electron chi connectivity index (χ4n) is 3.14. The number of hydrogen-bond donors (Lipinski definition) is 0. The lowest BCUT2D eigenvalue weighted by Gasteiger charge is -2.39. The molecule has 114 valence electrons. The molecule has 2 aliphatic heterocycles. The molecule has 2 heterocycles. The molecule has 5 heteroatoms. The smallest absolute Gasteiger partial charge is 0.244 e. The molecule has 1 atom stereocenters. The van der Waals surface area contributed by atoms with Gasteiger partial charge in [0.05, 0.1) is 6.04 Å². The Hall–Kier alpha value is -1.20. The second kappa shape index (κ2) is 6.28. The Labute approximate surface area is 128 Å². The van der Waals surface area contributed by atoms with Gasteiger partial charge in [0, 0.05) is 47.6 Å². The average Bonchev–Trinajstić information content (AvgIpc) is 2.50. The average molecular weight is 306 g/mol. The van der Waals surface area contributed by atoms with Crippen LogP contribution >= 0.6 is 0 Å². The zero-order valence-corrected chi connectivity index (χ0v) is 13.3. The van der Waals surface area contributed by atoms with E-state index in [2.05, 4.69) is 24.0 Å². The number of carbonyl (C=O) groups is 1. The van der Waals surface area contributed by atoms with Crippen molar-refractivity contribution in [3.05, 3.63) is 29.8 Å². The minimum atomic E-state index is -0.691. The number of anilines is 1. The number of nitrogens with zero attached hydrogens (tertiary/aromatic N) is 2. The number of benzene rings is 1. The van der Waals surface area contributed by atoms with Crippen molar-refractivity contribution >= 4 is 22.4 Å².